The molecule has 2 atom stereocenters. The smallest absolute Gasteiger partial charge is 0.292 e. The van der Waals surface area contributed by atoms with Gasteiger partial charge in [0.15, 0.2) is 0 Å². The topological polar surface area (TPSA) is 53.4 Å². The molecule has 2 aliphatic heterocycles. The molecule has 1 amide bonds. The summed E-state index contributed by atoms with van der Waals surface area (Å²) in [6, 6.07) is 7.28. The van der Waals surface area contributed by atoms with Gasteiger partial charge in [-0.3, -0.25) is 15.1 Å². The molecule has 0 unspecified atom stereocenters. The van der Waals surface area contributed by atoms with E-state index < -0.39 is 0 Å². The van der Waals surface area contributed by atoms with Crippen LogP contribution in [0.3, 0.4) is 0 Å². The van der Waals surface area contributed by atoms with E-state index in [1.165, 1.54) is 4.90 Å². The Morgan fingerprint density at radius 3 is 3.05 bits per heavy atom. The predicted molar refractivity (Wildman–Crippen MR) is 75.7 cm³/mol. The minimum Gasteiger partial charge on any atom is -0.459 e. The van der Waals surface area contributed by atoms with Gasteiger partial charge in [0.05, 0.1) is 12.5 Å². The van der Waals surface area contributed by atoms with E-state index in [0.29, 0.717) is 5.02 Å². The van der Waals surface area contributed by atoms with Crippen LogP contribution in [0.5, 0.6) is 0 Å². The van der Waals surface area contributed by atoms with Crippen LogP contribution in [0.4, 0.5) is 0 Å². The predicted octanol–water partition coefficient (Wildman–Crippen LogP) is 2.16. The minimum atomic E-state index is -0.117. The van der Waals surface area contributed by atoms with Crippen LogP contribution >= 0.6 is 23.4 Å². The first kappa shape index (κ1) is 12.8. The SMILES string of the molecule is N=C1O[C@@H]2CSC[C@@H]2N1C(=O)Cc1ccccc1Cl. The number of amides is 1. The van der Waals surface area contributed by atoms with Crippen molar-refractivity contribution < 1.29 is 9.53 Å². The van der Waals surface area contributed by atoms with Crippen LogP contribution in [0.2, 0.25) is 5.02 Å². The summed E-state index contributed by atoms with van der Waals surface area (Å²) in [5.41, 5.74) is 0.788. The summed E-state index contributed by atoms with van der Waals surface area (Å²) in [4.78, 5) is 13.8. The standard InChI is InChI=1S/C13H13ClN2O2S/c14-9-4-2-1-3-8(9)5-12(17)16-10-6-19-7-11(10)18-13(16)15/h1-4,10-11,15H,5-7H2/t10-,11+/m0/s1. The van der Waals surface area contributed by atoms with E-state index in [1.54, 1.807) is 17.8 Å². The van der Waals surface area contributed by atoms with Crippen molar-refractivity contribution in [1.82, 2.24) is 4.90 Å². The van der Waals surface area contributed by atoms with Gasteiger partial charge in [0.25, 0.3) is 6.02 Å². The number of carbonyl (C=O) groups is 1. The fourth-order valence-corrected chi connectivity index (χ4v) is 3.88. The fraction of sp³-hybridized carbons (Fsp3) is 0.385. The first-order valence-corrected chi connectivity index (χ1v) is 7.58. The van der Waals surface area contributed by atoms with Crippen LogP contribution in [0, 0.1) is 5.41 Å². The lowest BCUT2D eigenvalue weighted by molar-refractivity contribution is -0.127. The average molecular weight is 297 g/mol. The molecule has 100 valence electrons. The molecule has 6 heteroatoms. The zero-order valence-corrected chi connectivity index (χ0v) is 11.7. The lowest BCUT2D eigenvalue weighted by Crippen LogP contribution is -2.42. The molecule has 0 aliphatic carbocycles. The number of hydrogen-bond donors (Lipinski definition) is 1. The second kappa shape index (κ2) is 5.06. The van der Waals surface area contributed by atoms with Crippen LogP contribution in [0.1, 0.15) is 5.56 Å². The summed E-state index contributed by atoms with van der Waals surface area (Å²) in [7, 11) is 0. The third kappa shape index (κ3) is 2.32. The largest absolute Gasteiger partial charge is 0.459 e. The van der Waals surface area contributed by atoms with Crippen molar-refractivity contribution in [3.05, 3.63) is 34.9 Å². The number of thioether (sulfide) groups is 1. The highest BCUT2D eigenvalue weighted by atomic mass is 35.5. The third-order valence-electron chi connectivity index (χ3n) is 3.38. The van der Waals surface area contributed by atoms with Crippen LogP contribution in [-0.4, -0.2) is 40.5 Å². The quantitative estimate of drug-likeness (QED) is 0.910. The molecule has 2 fully saturated rings. The maximum absolute atomic E-state index is 12.4. The van der Waals surface area contributed by atoms with Gasteiger partial charge in [-0.2, -0.15) is 11.8 Å². The Morgan fingerprint density at radius 2 is 2.26 bits per heavy atom. The zero-order chi connectivity index (χ0) is 13.4. The second-order valence-electron chi connectivity index (χ2n) is 4.60. The molecule has 0 saturated carbocycles. The Morgan fingerprint density at radius 1 is 1.47 bits per heavy atom. The average Bonchev–Trinajstić information content (AvgIpc) is 2.91. The molecule has 1 aromatic carbocycles. The molecule has 0 radical (unpaired) electrons. The lowest BCUT2D eigenvalue weighted by atomic mass is 10.1. The number of carbonyl (C=O) groups excluding carboxylic acids is 1. The third-order valence-corrected chi connectivity index (χ3v) is 4.89. The van der Waals surface area contributed by atoms with Crippen molar-refractivity contribution in [2.24, 2.45) is 0 Å². The molecule has 0 bridgehead atoms. The monoisotopic (exact) mass is 296 g/mol. The Bertz CT molecular complexity index is 537. The summed E-state index contributed by atoms with van der Waals surface area (Å²) in [5.74, 6) is 1.57. The molecule has 1 N–H and O–H groups in total. The molecule has 3 rings (SSSR count). The van der Waals surface area contributed by atoms with Crippen LogP contribution in [0.25, 0.3) is 0 Å². The van der Waals surface area contributed by atoms with Gasteiger partial charge in [-0.25, -0.2) is 0 Å². The number of nitrogens with zero attached hydrogens (tertiary/aromatic N) is 1. The number of rotatable bonds is 2. The number of fused-ring (bicyclic) bond motifs is 1. The zero-order valence-electron chi connectivity index (χ0n) is 10.1. The molecule has 0 spiro atoms. The second-order valence-corrected chi connectivity index (χ2v) is 6.08. The molecule has 19 heavy (non-hydrogen) atoms. The van der Waals surface area contributed by atoms with Crippen molar-refractivity contribution in [3.8, 4) is 0 Å². The van der Waals surface area contributed by atoms with E-state index in [4.69, 9.17) is 21.7 Å². The number of halogens is 1. The van der Waals surface area contributed by atoms with E-state index in [9.17, 15) is 4.79 Å². The van der Waals surface area contributed by atoms with Crippen molar-refractivity contribution in [1.29, 1.82) is 5.41 Å². The Kier molecular flexibility index (Phi) is 3.41. The van der Waals surface area contributed by atoms with E-state index in [-0.39, 0.29) is 30.5 Å². The molecule has 1 aromatic rings. The van der Waals surface area contributed by atoms with Crippen molar-refractivity contribution in [3.63, 3.8) is 0 Å². The van der Waals surface area contributed by atoms with Gasteiger partial charge >= 0.3 is 0 Å². The lowest BCUT2D eigenvalue weighted by Gasteiger charge is -2.19. The first-order chi connectivity index (χ1) is 9.16. The highest BCUT2D eigenvalue weighted by Gasteiger charge is 2.45. The number of benzene rings is 1. The van der Waals surface area contributed by atoms with E-state index in [1.807, 2.05) is 18.2 Å². The molecular formula is C13H13ClN2O2S. The molecular weight excluding hydrogens is 284 g/mol. The molecule has 4 nitrogen and oxygen atoms in total. The summed E-state index contributed by atoms with van der Waals surface area (Å²) < 4.78 is 5.42. The Hall–Kier alpha value is -1.20. The van der Waals surface area contributed by atoms with Gasteiger partial charge in [-0.1, -0.05) is 29.8 Å². The maximum atomic E-state index is 12.4. The van der Waals surface area contributed by atoms with Gasteiger partial charge in [-0.05, 0) is 11.6 Å². The van der Waals surface area contributed by atoms with Crippen molar-refractivity contribution >= 4 is 35.3 Å². The minimum absolute atomic E-state index is 0.00693. The van der Waals surface area contributed by atoms with E-state index >= 15 is 0 Å². The van der Waals surface area contributed by atoms with Gasteiger partial charge in [0.1, 0.15) is 6.10 Å². The molecule has 2 aliphatic rings. The highest BCUT2D eigenvalue weighted by Crippen LogP contribution is 2.32. The number of nitrogens with one attached hydrogen (secondary N) is 1. The van der Waals surface area contributed by atoms with Crippen LogP contribution in [-0.2, 0) is 16.0 Å². The Labute approximate surface area is 120 Å². The van der Waals surface area contributed by atoms with Gasteiger partial charge in [0.2, 0.25) is 5.91 Å². The van der Waals surface area contributed by atoms with E-state index in [2.05, 4.69) is 0 Å². The van der Waals surface area contributed by atoms with Gasteiger partial charge < -0.3 is 4.74 Å². The number of ether oxygens (including phenoxy) is 1. The Balaban J connectivity index is 1.77. The molecule has 0 aromatic heterocycles. The number of hydrogen-bond acceptors (Lipinski definition) is 4. The van der Waals surface area contributed by atoms with E-state index in [0.717, 1.165) is 17.1 Å². The normalized spacial score (nSPS) is 25.3. The summed E-state index contributed by atoms with van der Waals surface area (Å²) in [6.45, 7) is 0. The first-order valence-electron chi connectivity index (χ1n) is 6.05. The van der Waals surface area contributed by atoms with Gasteiger partial charge in [0, 0.05) is 16.5 Å². The van der Waals surface area contributed by atoms with Crippen molar-refractivity contribution in [2.75, 3.05) is 11.5 Å². The highest BCUT2D eigenvalue weighted by molar-refractivity contribution is 7.99. The fourth-order valence-electron chi connectivity index (χ4n) is 2.42. The molecule has 2 heterocycles. The van der Waals surface area contributed by atoms with Crippen molar-refractivity contribution in [2.45, 2.75) is 18.6 Å². The van der Waals surface area contributed by atoms with Crippen LogP contribution in [0.15, 0.2) is 24.3 Å². The summed E-state index contributed by atoms with van der Waals surface area (Å²) in [6.07, 6.45) is 0.187. The molecule has 2 saturated heterocycles. The maximum Gasteiger partial charge on any atom is 0.292 e. The summed E-state index contributed by atoms with van der Waals surface area (Å²) >= 11 is 7.82. The summed E-state index contributed by atoms with van der Waals surface area (Å²) in [5, 5.41) is 8.38. The van der Waals surface area contributed by atoms with Gasteiger partial charge in [-0.15, -0.1) is 0 Å². The number of amidine groups is 1. The van der Waals surface area contributed by atoms with Crippen LogP contribution < -0.4 is 0 Å².